The second-order valence-corrected chi connectivity index (χ2v) is 15.0. The SMILES string of the molecule is Cc1cc(Cl)c(O[C@H]2CCN(c3ccc([C@H]4CCNC[C@@H]4C(=O)N(Cc4cc(CNC(=O)C5CC5)ccc4Cl)C4CC4)cn3)C2)c(Cl)c1. The molecule has 1 aromatic heterocycles. The summed E-state index contributed by atoms with van der Waals surface area (Å²) in [5.41, 5.74) is 4.00. The molecule has 254 valence electrons. The molecule has 0 spiro atoms. The Morgan fingerprint density at radius 3 is 2.50 bits per heavy atom. The number of rotatable bonds is 11. The Morgan fingerprint density at radius 2 is 1.79 bits per heavy atom. The first-order chi connectivity index (χ1) is 23.2. The topological polar surface area (TPSA) is 86.8 Å². The van der Waals surface area contributed by atoms with Crippen LogP contribution in [0.4, 0.5) is 5.82 Å². The average Bonchev–Trinajstić information content (AvgIpc) is 4.03. The molecular formula is C37H42Cl3N5O3. The average molecular weight is 711 g/mol. The van der Waals surface area contributed by atoms with Crippen LogP contribution in [0.3, 0.4) is 0 Å². The van der Waals surface area contributed by atoms with Gasteiger partial charge >= 0.3 is 0 Å². The number of piperidine rings is 1. The summed E-state index contributed by atoms with van der Waals surface area (Å²) in [5.74, 6) is 1.75. The molecule has 0 bridgehead atoms. The lowest BCUT2D eigenvalue weighted by Crippen LogP contribution is -2.47. The van der Waals surface area contributed by atoms with Crippen LogP contribution in [-0.4, -0.2) is 60.0 Å². The number of aromatic nitrogens is 1. The van der Waals surface area contributed by atoms with E-state index in [1.807, 2.05) is 48.4 Å². The number of benzene rings is 2. The largest absolute Gasteiger partial charge is 0.485 e. The fourth-order valence-corrected chi connectivity index (χ4v) is 7.89. The number of amides is 2. The highest BCUT2D eigenvalue weighted by molar-refractivity contribution is 6.37. The Hall–Kier alpha value is -3.04. The van der Waals surface area contributed by atoms with Gasteiger partial charge in [0.05, 0.1) is 22.5 Å². The van der Waals surface area contributed by atoms with Gasteiger partial charge in [0.25, 0.3) is 0 Å². The maximum atomic E-state index is 14.3. The molecule has 2 saturated carbocycles. The molecule has 4 aliphatic rings. The molecule has 7 rings (SSSR count). The monoisotopic (exact) mass is 709 g/mol. The van der Waals surface area contributed by atoms with Crippen molar-refractivity contribution in [2.75, 3.05) is 31.1 Å². The maximum absolute atomic E-state index is 14.3. The zero-order chi connectivity index (χ0) is 33.4. The molecule has 0 radical (unpaired) electrons. The van der Waals surface area contributed by atoms with E-state index in [0.29, 0.717) is 47.0 Å². The lowest BCUT2D eigenvalue weighted by atomic mass is 9.80. The molecule has 2 saturated heterocycles. The van der Waals surface area contributed by atoms with Gasteiger partial charge in [0, 0.05) is 55.8 Å². The number of hydrogen-bond acceptors (Lipinski definition) is 6. The van der Waals surface area contributed by atoms with Crippen LogP contribution < -0.4 is 20.3 Å². The van der Waals surface area contributed by atoms with Crippen molar-refractivity contribution in [1.29, 1.82) is 0 Å². The Kier molecular flexibility index (Phi) is 10.1. The molecule has 3 aromatic rings. The number of carbonyl (C=O) groups is 2. The van der Waals surface area contributed by atoms with Crippen molar-refractivity contribution in [3.63, 3.8) is 0 Å². The van der Waals surface area contributed by atoms with Gasteiger partial charge in [-0.1, -0.05) is 53.0 Å². The highest BCUT2D eigenvalue weighted by Gasteiger charge is 2.40. The number of nitrogens with zero attached hydrogens (tertiary/aromatic N) is 3. The fourth-order valence-electron chi connectivity index (χ4n) is 7.03. The summed E-state index contributed by atoms with van der Waals surface area (Å²) in [7, 11) is 0. The Morgan fingerprint density at radius 1 is 1.00 bits per heavy atom. The minimum atomic E-state index is -0.194. The van der Waals surface area contributed by atoms with Crippen LogP contribution in [0.25, 0.3) is 0 Å². The molecule has 2 aromatic carbocycles. The summed E-state index contributed by atoms with van der Waals surface area (Å²) < 4.78 is 6.23. The molecule has 2 amide bonds. The Labute approximate surface area is 297 Å². The lowest BCUT2D eigenvalue weighted by Gasteiger charge is -2.36. The van der Waals surface area contributed by atoms with Crippen molar-refractivity contribution in [1.82, 2.24) is 20.5 Å². The molecule has 4 fully saturated rings. The molecule has 2 aliphatic carbocycles. The zero-order valence-corrected chi connectivity index (χ0v) is 29.5. The van der Waals surface area contributed by atoms with Gasteiger partial charge < -0.3 is 25.2 Å². The van der Waals surface area contributed by atoms with E-state index >= 15 is 0 Å². The quantitative estimate of drug-likeness (QED) is 0.225. The molecule has 3 atom stereocenters. The van der Waals surface area contributed by atoms with E-state index in [0.717, 1.165) is 79.7 Å². The highest BCUT2D eigenvalue weighted by atomic mass is 35.5. The number of anilines is 1. The van der Waals surface area contributed by atoms with Crippen LogP contribution in [-0.2, 0) is 22.7 Å². The van der Waals surface area contributed by atoms with Gasteiger partial charge in [-0.3, -0.25) is 9.59 Å². The second-order valence-electron chi connectivity index (χ2n) is 13.8. The number of aryl methyl sites for hydroxylation is 1. The Balaban J connectivity index is 1.01. The molecule has 2 aliphatic heterocycles. The first-order valence-corrected chi connectivity index (χ1v) is 18.3. The van der Waals surface area contributed by atoms with Crippen LogP contribution in [0.2, 0.25) is 15.1 Å². The van der Waals surface area contributed by atoms with Crippen LogP contribution in [0.5, 0.6) is 5.75 Å². The molecule has 2 N–H and O–H groups in total. The summed E-state index contributed by atoms with van der Waals surface area (Å²) >= 11 is 19.5. The summed E-state index contributed by atoms with van der Waals surface area (Å²) in [6, 6.07) is 14.0. The number of ether oxygens (including phenoxy) is 1. The van der Waals surface area contributed by atoms with Gasteiger partial charge in [-0.2, -0.15) is 0 Å². The van der Waals surface area contributed by atoms with E-state index in [2.05, 4.69) is 27.7 Å². The number of halogens is 3. The van der Waals surface area contributed by atoms with Crippen molar-refractivity contribution >= 4 is 52.4 Å². The predicted molar refractivity (Wildman–Crippen MR) is 190 cm³/mol. The molecule has 3 heterocycles. The van der Waals surface area contributed by atoms with E-state index in [9.17, 15) is 9.59 Å². The molecule has 48 heavy (non-hydrogen) atoms. The van der Waals surface area contributed by atoms with Crippen molar-refractivity contribution in [3.05, 3.63) is 86.0 Å². The van der Waals surface area contributed by atoms with Crippen molar-refractivity contribution < 1.29 is 14.3 Å². The van der Waals surface area contributed by atoms with E-state index in [-0.39, 0.29) is 41.7 Å². The van der Waals surface area contributed by atoms with Gasteiger partial charge in [-0.15, -0.1) is 0 Å². The molecule has 8 nitrogen and oxygen atoms in total. The summed E-state index contributed by atoms with van der Waals surface area (Å²) in [5, 5.41) is 8.20. The van der Waals surface area contributed by atoms with E-state index in [4.69, 9.17) is 44.5 Å². The number of carbonyl (C=O) groups excluding carboxylic acids is 2. The third kappa shape index (κ3) is 7.72. The van der Waals surface area contributed by atoms with Crippen LogP contribution in [0.15, 0.2) is 48.7 Å². The van der Waals surface area contributed by atoms with E-state index in [1.54, 1.807) is 0 Å². The van der Waals surface area contributed by atoms with Crippen molar-refractivity contribution in [2.45, 2.75) is 76.6 Å². The normalized spacial score (nSPS) is 22.4. The number of pyridine rings is 1. The first-order valence-electron chi connectivity index (χ1n) is 17.1. The van der Waals surface area contributed by atoms with Crippen molar-refractivity contribution in [2.24, 2.45) is 11.8 Å². The van der Waals surface area contributed by atoms with Gasteiger partial charge in [-0.05, 0) is 98.0 Å². The van der Waals surface area contributed by atoms with Gasteiger partial charge in [0.1, 0.15) is 11.9 Å². The fraction of sp³-hybridized carbons (Fsp3) is 0.486. The third-order valence-corrected chi connectivity index (χ3v) is 11.0. The number of nitrogens with one attached hydrogen (secondary N) is 2. The molecule has 11 heteroatoms. The smallest absolute Gasteiger partial charge is 0.228 e. The first kappa shape index (κ1) is 33.5. The highest BCUT2D eigenvalue weighted by Crippen LogP contribution is 2.38. The van der Waals surface area contributed by atoms with E-state index < -0.39 is 0 Å². The maximum Gasteiger partial charge on any atom is 0.228 e. The second kappa shape index (κ2) is 14.4. The minimum Gasteiger partial charge on any atom is -0.485 e. The summed E-state index contributed by atoms with van der Waals surface area (Å²) in [4.78, 5) is 35.6. The van der Waals surface area contributed by atoms with Crippen molar-refractivity contribution in [3.8, 4) is 5.75 Å². The van der Waals surface area contributed by atoms with Gasteiger partial charge in [0.15, 0.2) is 5.75 Å². The van der Waals surface area contributed by atoms with Crippen LogP contribution in [0, 0.1) is 18.8 Å². The zero-order valence-electron chi connectivity index (χ0n) is 27.2. The van der Waals surface area contributed by atoms with Crippen LogP contribution in [0.1, 0.15) is 66.7 Å². The van der Waals surface area contributed by atoms with Gasteiger partial charge in [-0.25, -0.2) is 4.98 Å². The third-order valence-electron chi connectivity index (χ3n) is 10.0. The molecule has 0 unspecified atom stereocenters. The lowest BCUT2D eigenvalue weighted by molar-refractivity contribution is -0.138. The van der Waals surface area contributed by atoms with Crippen LogP contribution >= 0.6 is 34.8 Å². The summed E-state index contributed by atoms with van der Waals surface area (Å²) in [6.07, 6.45) is 7.57. The number of hydrogen-bond donors (Lipinski definition) is 2. The Bertz CT molecular complexity index is 1640. The standard InChI is InChI=1S/C37H42Cl3N5O3/c1-22-14-32(39)35(33(40)15-22)48-28-11-13-44(21-28)34-9-5-25(18-42-34)29-10-12-41-19-30(29)37(47)45(27-6-7-27)20-26-16-23(2-8-31(26)38)17-43-36(46)24-3-4-24/h2,5,8-9,14-16,18,24,27-30,41H,3-4,6-7,10-13,17,19-21H2,1H3,(H,43,46)/t28-,29+,30-/m0/s1. The van der Waals surface area contributed by atoms with Gasteiger partial charge in [0.2, 0.25) is 11.8 Å². The predicted octanol–water partition coefficient (Wildman–Crippen LogP) is 6.92. The summed E-state index contributed by atoms with van der Waals surface area (Å²) in [6.45, 7) is 5.88. The minimum absolute atomic E-state index is 0.0419. The van der Waals surface area contributed by atoms with E-state index in [1.165, 1.54) is 0 Å². The molecular weight excluding hydrogens is 669 g/mol.